The molecule has 5 nitrogen and oxygen atoms in total. The summed E-state index contributed by atoms with van der Waals surface area (Å²) in [6, 6.07) is 7.94. The summed E-state index contributed by atoms with van der Waals surface area (Å²) in [6.07, 6.45) is 2.47. The highest BCUT2D eigenvalue weighted by atomic mass is 35.5. The minimum absolute atomic E-state index is 0. The molecule has 6 heteroatoms. The number of hydrogen-bond acceptors (Lipinski definition) is 4. The molecule has 1 heterocycles. The van der Waals surface area contributed by atoms with E-state index in [1.54, 1.807) is 14.2 Å². The molecule has 0 radical (unpaired) electrons. The molecule has 0 saturated carbocycles. The summed E-state index contributed by atoms with van der Waals surface area (Å²) in [5.74, 6) is 0.964. The van der Waals surface area contributed by atoms with Gasteiger partial charge in [0.05, 0.1) is 19.1 Å². The van der Waals surface area contributed by atoms with Crippen LogP contribution in [0.25, 0.3) is 0 Å². The minimum Gasteiger partial charge on any atom is -0.497 e. The fraction of sp³-hybridized carbons (Fsp3) is 0.588. The summed E-state index contributed by atoms with van der Waals surface area (Å²) in [5, 5.41) is 6.38. The number of halogens is 1. The molecule has 1 saturated heterocycles. The predicted octanol–water partition coefficient (Wildman–Crippen LogP) is 1.79. The lowest BCUT2D eigenvalue weighted by atomic mass is 9.78. The van der Waals surface area contributed by atoms with Crippen molar-refractivity contribution in [2.24, 2.45) is 5.41 Å². The van der Waals surface area contributed by atoms with Crippen molar-refractivity contribution in [1.82, 2.24) is 10.6 Å². The zero-order chi connectivity index (χ0) is 15.8. The Labute approximate surface area is 144 Å². The fourth-order valence-corrected chi connectivity index (χ4v) is 2.92. The summed E-state index contributed by atoms with van der Waals surface area (Å²) in [6.45, 7) is 2.87. The summed E-state index contributed by atoms with van der Waals surface area (Å²) >= 11 is 0. The molecule has 1 fully saturated rings. The van der Waals surface area contributed by atoms with Crippen LogP contribution < -0.4 is 15.4 Å². The molecule has 2 rings (SSSR count). The molecule has 130 valence electrons. The maximum absolute atomic E-state index is 12.6. The molecule has 0 unspecified atom stereocenters. The van der Waals surface area contributed by atoms with Crippen LogP contribution in [0.5, 0.6) is 5.75 Å². The molecule has 23 heavy (non-hydrogen) atoms. The van der Waals surface area contributed by atoms with Gasteiger partial charge in [-0.05, 0) is 50.0 Å². The van der Waals surface area contributed by atoms with Crippen LogP contribution in [-0.4, -0.2) is 46.4 Å². The van der Waals surface area contributed by atoms with Crippen molar-refractivity contribution < 1.29 is 14.3 Å². The van der Waals surface area contributed by atoms with Crippen LogP contribution in [0.4, 0.5) is 0 Å². The highest BCUT2D eigenvalue weighted by Gasteiger charge is 2.39. The number of piperidine rings is 1. The van der Waals surface area contributed by atoms with Gasteiger partial charge in [0, 0.05) is 13.7 Å². The lowest BCUT2D eigenvalue weighted by Crippen LogP contribution is -2.50. The van der Waals surface area contributed by atoms with Gasteiger partial charge >= 0.3 is 0 Å². The number of carbonyl (C=O) groups is 1. The van der Waals surface area contributed by atoms with E-state index < -0.39 is 0 Å². The minimum atomic E-state index is -0.375. The van der Waals surface area contributed by atoms with E-state index in [0.717, 1.165) is 38.1 Å². The summed E-state index contributed by atoms with van der Waals surface area (Å²) in [7, 11) is 3.32. The third kappa shape index (κ3) is 5.37. The summed E-state index contributed by atoms with van der Waals surface area (Å²) in [5.41, 5.74) is 0.812. The lowest BCUT2D eigenvalue weighted by molar-refractivity contribution is -0.136. The number of amides is 1. The number of benzene rings is 1. The van der Waals surface area contributed by atoms with Gasteiger partial charge in [-0.3, -0.25) is 4.79 Å². The lowest BCUT2D eigenvalue weighted by Gasteiger charge is -2.35. The normalized spacial score (nSPS) is 16.3. The number of methoxy groups -OCH3 is 2. The molecule has 1 aromatic rings. The molecule has 0 atom stereocenters. The van der Waals surface area contributed by atoms with Gasteiger partial charge in [-0.15, -0.1) is 12.4 Å². The second-order valence-corrected chi connectivity index (χ2v) is 5.82. The molecule has 2 N–H and O–H groups in total. The maximum atomic E-state index is 12.6. The number of ether oxygens (including phenoxy) is 2. The van der Waals surface area contributed by atoms with E-state index in [4.69, 9.17) is 9.47 Å². The average Bonchev–Trinajstić information content (AvgIpc) is 2.56. The van der Waals surface area contributed by atoms with Crippen LogP contribution >= 0.6 is 12.4 Å². The van der Waals surface area contributed by atoms with Crippen molar-refractivity contribution in [3.05, 3.63) is 29.8 Å². The monoisotopic (exact) mass is 342 g/mol. The van der Waals surface area contributed by atoms with Crippen LogP contribution in [0.1, 0.15) is 18.4 Å². The highest BCUT2D eigenvalue weighted by molar-refractivity contribution is 5.85. The number of nitrogens with one attached hydrogen (secondary N) is 2. The largest absolute Gasteiger partial charge is 0.497 e. The molecule has 0 spiro atoms. The van der Waals surface area contributed by atoms with Crippen LogP contribution in [-0.2, 0) is 16.0 Å². The van der Waals surface area contributed by atoms with Gasteiger partial charge in [-0.2, -0.15) is 0 Å². The van der Waals surface area contributed by atoms with Gasteiger partial charge in [0.15, 0.2) is 0 Å². The van der Waals surface area contributed by atoms with Crippen molar-refractivity contribution in [3.8, 4) is 5.75 Å². The fourth-order valence-electron chi connectivity index (χ4n) is 2.92. The molecule has 1 amide bonds. The van der Waals surface area contributed by atoms with Gasteiger partial charge in [0.2, 0.25) is 5.91 Å². The average molecular weight is 343 g/mol. The highest BCUT2D eigenvalue weighted by Crippen LogP contribution is 2.29. The van der Waals surface area contributed by atoms with Crippen molar-refractivity contribution in [2.75, 3.05) is 40.5 Å². The van der Waals surface area contributed by atoms with Gasteiger partial charge in [0.1, 0.15) is 5.75 Å². The van der Waals surface area contributed by atoms with Crippen LogP contribution in [0.15, 0.2) is 24.3 Å². The second-order valence-electron chi connectivity index (χ2n) is 5.82. The molecular weight excluding hydrogens is 316 g/mol. The van der Waals surface area contributed by atoms with Crippen LogP contribution in [0.3, 0.4) is 0 Å². The Balaban J connectivity index is 0.00000264. The van der Waals surface area contributed by atoms with E-state index in [2.05, 4.69) is 10.6 Å². The van der Waals surface area contributed by atoms with Crippen LogP contribution in [0, 0.1) is 5.41 Å². The smallest absolute Gasteiger partial charge is 0.228 e. The Kier molecular flexibility index (Phi) is 8.37. The maximum Gasteiger partial charge on any atom is 0.228 e. The van der Waals surface area contributed by atoms with Gasteiger partial charge in [-0.25, -0.2) is 0 Å². The number of hydrogen-bond donors (Lipinski definition) is 2. The SMILES string of the molecule is COCC1(C(=O)NCCc2ccc(OC)cc2)CCNCC1.Cl. The molecule has 1 aliphatic heterocycles. The Hall–Kier alpha value is -1.30. The first-order chi connectivity index (χ1) is 10.7. The molecule has 0 aromatic heterocycles. The first kappa shape index (κ1) is 19.7. The van der Waals surface area contributed by atoms with Crippen LogP contribution in [0.2, 0.25) is 0 Å². The number of carbonyl (C=O) groups excluding carboxylic acids is 1. The molecule has 0 aliphatic carbocycles. The molecule has 1 aliphatic rings. The third-order valence-corrected chi connectivity index (χ3v) is 4.32. The molecular formula is C17H27ClN2O3. The summed E-state index contributed by atoms with van der Waals surface area (Å²) in [4.78, 5) is 12.6. The topological polar surface area (TPSA) is 59.6 Å². The van der Waals surface area contributed by atoms with E-state index in [-0.39, 0.29) is 23.7 Å². The Morgan fingerprint density at radius 2 is 1.87 bits per heavy atom. The van der Waals surface area contributed by atoms with Gasteiger partial charge in [0.25, 0.3) is 0 Å². The predicted molar refractivity (Wildman–Crippen MR) is 93.4 cm³/mol. The second kappa shape index (κ2) is 9.75. The Morgan fingerprint density at radius 1 is 1.22 bits per heavy atom. The van der Waals surface area contributed by atoms with E-state index >= 15 is 0 Å². The van der Waals surface area contributed by atoms with Crippen molar-refractivity contribution in [2.45, 2.75) is 19.3 Å². The van der Waals surface area contributed by atoms with E-state index in [1.807, 2.05) is 24.3 Å². The van der Waals surface area contributed by atoms with E-state index in [1.165, 1.54) is 5.56 Å². The third-order valence-electron chi connectivity index (χ3n) is 4.32. The zero-order valence-corrected chi connectivity index (χ0v) is 14.7. The molecule has 0 bridgehead atoms. The number of rotatable bonds is 7. The van der Waals surface area contributed by atoms with E-state index in [0.29, 0.717) is 13.2 Å². The Bertz CT molecular complexity index is 468. The van der Waals surface area contributed by atoms with E-state index in [9.17, 15) is 4.79 Å². The van der Waals surface area contributed by atoms with Crippen molar-refractivity contribution >= 4 is 18.3 Å². The quantitative estimate of drug-likeness (QED) is 0.793. The van der Waals surface area contributed by atoms with Crippen molar-refractivity contribution in [1.29, 1.82) is 0 Å². The first-order valence-corrected chi connectivity index (χ1v) is 7.81. The first-order valence-electron chi connectivity index (χ1n) is 7.81. The van der Waals surface area contributed by atoms with Gasteiger partial charge in [-0.1, -0.05) is 12.1 Å². The zero-order valence-electron chi connectivity index (χ0n) is 13.9. The van der Waals surface area contributed by atoms with Gasteiger partial charge < -0.3 is 20.1 Å². The Morgan fingerprint density at radius 3 is 2.43 bits per heavy atom. The van der Waals surface area contributed by atoms with Crippen molar-refractivity contribution in [3.63, 3.8) is 0 Å². The molecule has 1 aromatic carbocycles. The summed E-state index contributed by atoms with van der Waals surface area (Å²) < 4.78 is 10.4. The standard InChI is InChI=1S/C17H26N2O3.ClH/c1-21-13-17(8-11-18-12-9-17)16(20)19-10-7-14-3-5-15(22-2)6-4-14;/h3-6,18H,7-13H2,1-2H3,(H,19,20);1H.